The molecular weight excluding hydrogens is 490 g/mol. The molecule has 0 unspecified atom stereocenters. The molecule has 0 saturated carbocycles. The van der Waals surface area contributed by atoms with Crippen molar-refractivity contribution < 1.29 is 19.1 Å². The predicted molar refractivity (Wildman–Crippen MR) is 154 cm³/mol. The Balaban J connectivity index is 1.49. The summed E-state index contributed by atoms with van der Waals surface area (Å²) < 4.78 is 10.8. The van der Waals surface area contributed by atoms with Crippen LogP contribution in [0.1, 0.15) is 47.7 Å². The highest BCUT2D eigenvalue weighted by molar-refractivity contribution is 5.94. The molecule has 1 aliphatic heterocycles. The van der Waals surface area contributed by atoms with E-state index in [-0.39, 0.29) is 18.1 Å². The van der Waals surface area contributed by atoms with Crippen molar-refractivity contribution in [3.8, 4) is 0 Å². The number of benzene rings is 3. The summed E-state index contributed by atoms with van der Waals surface area (Å²) in [4.78, 5) is 30.2. The lowest BCUT2D eigenvalue weighted by Gasteiger charge is -2.31. The number of ether oxygens (including phenoxy) is 2. The fraction of sp³-hybridized carbons (Fsp3) is 0.375. The van der Waals surface area contributed by atoms with E-state index in [1.807, 2.05) is 30.9 Å². The van der Waals surface area contributed by atoms with E-state index in [0.717, 1.165) is 39.3 Å². The molecule has 206 valence electrons. The van der Waals surface area contributed by atoms with Gasteiger partial charge in [0, 0.05) is 44.3 Å². The fourth-order valence-electron chi connectivity index (χ4n) is 4.79. The minimum atomic E-state index is -0.404. The third-order valence-electron chi connectivity index (χ3n) is 6.86. The third-order valence-corrected chi connectivity index (χ3v) is 6.86. The van der Waals surface area contributed by atoms with Gasteiger partial charge >= 0.3 is 12.0 Å². The van der Waals surface area contributed by atoms with Gasteiger partial charge in [0.1, 0.15) is 0 Å². The number of morpholine rings is 1. The fourth-order valence-corrected chi connectivity index (χ4v) is 4.79. The first-order valence-corrected chi connectivity index (χ1v) is 13.8. The molecule has 0 aliphatic carbocycles. The number of esters is 1. The first kappa shape index (κ1) is 28.3. The van der Waals surface area contributed by atoms with Gasteiger partial charge in [0.2, 0.25) is 0 Å². The highest BCUT2D eigenvalue weighted by Crippen LogP contribution is 2.28. The smallest absolute Gasteiger partial charge is 0.338 e. The Kier molecular flexibility index (Phi) is 10.5. The minimum absolute atomic E-state index is 0.167. The number of carbonyl (C=O) groups excluding carboxylic acids is 2. The summed E-state index contributed by atoms with van der Waals surface area (Å²) in [7, 11) is 0. The van der Waals surface area contributed by atoms with Crippen molar-refractivity contribution >= 4 is 17.7 Å². The summed E-state index contributed by atoms with van der Waals surface area (Å²) in [6, 6.07) is 27.6. The molecule has 2 amide bonds. The highest BCUT2D eigenvalue weighted by atomic mass is 16.5. The van der Waals surface area contributed by atoms with E-state index in [0.29, 0.717) is 24.3 Å². The maximum absolute atomic E-state index is 13.6. The first-order chi connectivity index (χ1) is 19.0. The van der Waals surface area contributed by atoms with Crippen molar-refractivity contribution in [2.75, 3.05) is 51.3 Å². The zero-order valence-electron chi connectivity index (χ0n) is 22.9. The van der Waals surface area contributed by atoms with E-state index >= 15 is 0 Å². The summed E-state index contributed by atoms with van der Waals surface area (Å²) in [5.74, 6) is -0.237. The maximum Gasteiger partial charge on any atom is 0.338 e. The van der Waals surface area contributed by atoms with Crippen LogP contribution < -0.4 is 5.32 Å². The average molecular weight is 530 g/mol. The standard InChI is InChI=1S/C32H39N3O4/c1-25(2)39-31(36)28-14-9-15-29(24-28)33-32(37)35(19-18-34-20-22-38-23-21-34)17-16-30(26-10-5-3-6-11-26)27-12-7-4-8-13-27/h3-15,24-25,30H,16-23H2,1-2H3,(H,33,37). The molecule has 0 radical (unpaired) electrons. The molecule has 7 nitrogen and oxygen atoms in total. The Morgan fingerprint density at radius 3 is 2.15 bits per heavy atom. The Morgan fingerprint density at radius 2 is 1.54 bits per heavy atom. The normalized spacial score (nSPS) is 13.8. The van der Waals surface area contributed by atoms with Crippen LogP contribution in [0.3, 0.4) is 0 Å². The van der Waals surface area contributed by atoms with E-state index in [9.17, 15) is 9.59 Å². The minimum Gasteiger partial charge on any atom is -0.459 e. The van der Waals surface area contributed by atoms with Crippen molar-refractivity contribution in [3.05, 3.63) is 102 Å². The van der Waals surface area contributed by atoms with Crippen LogP contribution in [0, 0.1) is 0 Å². The molecule has 1 N–H and O–H groups in total. The Hall–Kier alpha value is -3.68. The quantitative estimate of drug-likeness (QED) is 0.326. The monoisotopic (exact) mass is 529 g/mol. The van der Waals surface area contributed by atoms with Gasteiger partial charge in [-0.2, -0.15) is 0 Å². The van der Waals surface area contributed by atoms with Gasteiger partial charge in [-0.05, 0) is 49.6 Å². The number of anilines is 1. The van der Waals surface area contributed by atoms with E-state index in [1.165, 1.54) is 11.1 Å². The summed E-state index contributed by atoms with van der Waals surface area (Å²) in [6.07, 6.45) is 0.569. The average Bonchev–Trinajstić information content (AvgIpc) is 2.96. The largest absolute Gasteiger partial charge is 0.459 e. The predicted octanol–water partition coefficient (Wildman–Crippen LogP) is 5.64. The third kappa shape index (κ3) is 8.67. The molecule has 0 spiro atoms. The van der Waals surface area contributed by atoms with Gasteiger partial charge < -0.3 is 19.7 Å². The number of hydrogen-bond donors (Lipinski definition) is 1. The number of nitrogens with one attached hydrogen (secondary N) is 1. The van der Waals surface area contributed by atoms with Crippen LogP contribution in [-0.2, 0) is 9.47 Å². The van der Waals surface area contributed by atoms with Gasteiger partial charge in [-0.1, -0.05) is 66.7 Å². The topological polar surface area (TPSA) is 71.1 Å². The van der Waals surface area contributed by atoms with Crippen molar-refractivity contribution in [3.63, 3.8) is 0 Å². The van der Waals surface area contributed by atoms with Crippen LogP contribution in [0.4, 0.5) is 10.5 Å². The van der Waals surface area contributed by atoms with E-state index in [2.05, 4.69) is 58.7 Å². The summed E-state index contributed by atoms with van der Waals surface area (Å²) >= 11 is 0. The Morgan fingerprint density at radius 1 is 0.897 bits per heavy atom. The van der Waals surface area contributed by atoms with Gasteiger partial charge in [-0.15, -0.1) is 0 Å². The van der Waals surface area contributed by atoms with Gasteiger partial charge in [-0.3, -0.25) is 4.90 Å². The highest BCUT2D eigenvalue weighted by Gasteiger charge is 2.21. The lowest BCUT2D eigenvalue weighted by Crippen LogP contribution is -2.44. The van der Waals surface area contributed by atoms with Crippen LogP contribution in [-0.4, -0.2) is 73.8 Å². The van der Waals surface area contributed by atoms with Crippen LogP contribution >= 0.6 is 0 Å². The first-order valence-electron chi connectivity index (χ1n) is 13.8. The zero-order valence-corrected chi connectivity index (χ0v) is 22.9. The maximum atomic E-state index is 13.6. The molecule has 39 heavy (non-hydrogen) atoms. The van der Waals surface area contributed by atoms with Gasteiger partial charge in [0.05, 0.1) is 24.9 Å². The summed E-state index contributed by atoms with van der Waals surface area (Å²) in [5, 5.41) is 3.02. The second-order valence-corrected chi connectivity index (χ2v) is 10.1. The summed E-state index contributed by atoms with van der Waals surface area (Å²) in [5.41, 5.74) is 3.44. The second kappa shape index (κ2) is 14.5. The van der Waals surface area contributed by atoms with Crippen molar-refractivity contribution in [1.82, 2.24) is 9.80 Å². The number of urea groups is 1. The molecule has 4 rings (SSSR count). The van der Waals surface area contributed by atoms with Crippen LogP contribution in [0.5, 0.6) is 0 Å². The van der Waals surface area contributed by atoms with Gasteiger partial charge in [-0.25, -0.2) is 9.59 Å². The van der Waals surface area contributed by atoms with E-state index in [1.54, 1.807) is 24.3 Å². The van der Waals surface area contributed by atoms with Gasteiger partial charge in [0.25, 0.3) is 0 Å². The molecule has 1 heterocycles. The molecule has 0 aromatic heterocycles. The Labute approximate surface area is 231 Å². The van der Waals surface area contributed by atoms with Crippen molar-refractivity contribution in [1.29, 1.82) is 0 Å². The molecule has 3 aromatic carbocycles. The summed E-state index contributed by atoms with van der Waals surface area (Å²) in [6.45, 7) is 8.75. The molecule has 1 fully saturated rings. The molecular formula is C32H39N3O4. The van der Waals surface area contributed by atoms with Gasteiger partial charge in [0.15, 0.2) is 0 Å². The number of nitrogens with zero attached hydrogens (tertiary/aromatic N) is 2. The molecule has 0 bridgehead atoms. The van der Waals surface area contributed by atoms with Crippen molar-refractivity contribution in [2.45, 2.75) is 32.3 Å². The lowest BCUT2D eigenvalue weighted by atomic mass is 9.88. The number of rotatable bonds is 11. The van der Waals surface area contributed by atoms with E-state index in [4.69, 9.17) is 9.47 Å². The van der Waals surface area contributed by atoms with Crippen LogP contribution in [0.2, 0.25) is 0 Å². The number of hydrogen-bond acceptors (Lipinski definition) is 5. The Bertz CT molecular complexity index is 1140. The molecule has 7 heteroatoms. The lowest BCUT2D eigenvalue weighted by molar-refractivity contribution is 0.0350. The van der Waals surface area contributed by atoms with Crippen molar-refractivity contribution in [2.24, 2.45) is 0 Å². The molecule has 1 saturated heterocycles. The SMILES string of the molecule is CC(C)OC(=O)c1cccc(NC(=O)N(CCC(c2ccccc2)c2ccccc2)CCN2CCOCC2)c1. The molecule has 3 aromatic rings. The van der Waals surface area contributed by atoms with Crippen LogP contribution in [0.25, 0.3) is 0 Å². The number of amides is 2. The zero-order chi connectivity index (χ0) is 27.5. The van der Waals surface area contributed by atoms with E-state index < -0.39 is 5.97 Å². The number of carbonyl (C=O) groups is 2. The molecule has 0 atom stereocenters. The van der Waals surface area contributed by atoms with Crippen LogP contribution in [0.15, 0.2) is 84.9 Å². The second-order valence-electron chi connectivity index (χ2n) is 10.1. The molecule has 1 aliphatic rings.